The number of amides is 1. The second kappa shape index (κ2) is 7.65. The van der Waals surface area contributed by atoms with Crippen molar-refractivity contribution < 1.29 is 24.6 Å². The lowest BCUT2D eigenvalue weighted by Gasteiger charge is -2.25. The van der Waals surface area contributed by atoms with Crippen molar-refractivity contribution in [1.29, 1.82) is 5.26 Å². The van der Waals surface area contributed by atoms with Crippen molar-refractivity contribution >= 4 is 24.0 Å². The molecule has 1 aromatic rings. The Balaban J connectivity index is 2.90. The zero-order chi connectivity index (χ0) is 15.8. The van der Waals surface area contributed by atoms with Crippen molar-refractivity contribution in [2.75, 3.05) is 4.90 Å². The molecule has 2 N–H and O–H groups in total. The highest BCUT2D eigenvalue weighted by Gasteiger charge is 2.25. The Morgan fingerprint density at radius 3 is 2.33 bits per heavy atom. The molecule has 0 saturated heterocycles. The van der Waals surface area contributed by atoms with Crippen LogP contribution in [0.25, 0.3) is 0 Å². The summed E-state index contributed by atoms with van der Waals surface area (Å²) in [5.74, 6) is -2.23. The summed E-state index contributed by atoms with van der Waals surface area (Å²) in [7, 11) is 0. The Kier molecular flexibility index (Phi) is 5.89. The van der Waals surface area contributed by atoms with Gasteiger partial charge < -0.3 is 15.1 Å². The van der Waals surface area contributed by atoms with Crippen molar-refractivity contribution in [2.45, 2.75) is 25.3 Å². The molecule has 0 aliphatic carbocycles. The normalized spacial score (nSPS) is 11.2. The van der Waals surface area contributed by atoms with E-state index in [0.717, 1.165) is 4.90 Å². The van der Waals surface area contributed by atoms with Gasteiger partial charge in [-0.2, -0.15) is 5.26 Å². The number of rotatable bonds is 8. The summed E-state index contributed by atoms with van der Waals surface area (Å²) in [6.07, 6.45) is 0.401. The minimum atomic E-state index is -1.21. The fourth-order valence-corrected chi connectivity index (χ4v) is 1.85. The van der Waals surface area contributed by atoms with Crippen LogP contribution >= 0.6 is 0 Å². The van der Waals surface area contributed by atoms with Crippen molar-refractivity contribution in [3.05, 3.63) is 29.8 Å². The first kappa shape index (κ1) is 16.2. The zero-order valence-electron chi connectivity index (χ0n) is 11.1. The molecule has 7 heteroatoms. The Labute approximate surface area is 121 Å². The van der Waals surface area contributed by atoms with Crippen LogP contribution in [0.2, 0.25) is 0 Å². The average molecular weight is 290 g/mol. The smallest absolute Gasteiger partial charge is 0.326 e. The first-order chi connectivity index (χ1) is 9.99. The lowest BCUT2D eigenvalue weighted by Crippen LogP contribution is -2.40. The third-order valence-electron chi connectivity index (χ3n) is 2.90. The van der Waals surface area contributed by atoms with Gasteiger partial charge in [0.2, 0.25) is 6.41 Å². The molecule has 0 aliphatic rings. The fraction of sp³-hybridized carbons (Fsp3) is 0.286. The van der Waals surface area contributed by atoms with Gasteiger partial charge in [-0.3, -0.25) is 9.59 Å². The molecule has 0 unspecified atom stereocenters. The molecule has 1 rings (SSSR count). The highest BCUT2D eigenvalue weighted by Crippen LogP contribution is 2.19. The van der Waals surface area contributed by atoms with Crippen LogP contribution in [0.3, 0.4) is 0 Å². The van der Waals surface area contributed by atoms with E-state index < -0.39 is 18.0 Å². The van der Waals surface area contributed by atoms with Gasteiger partial charge >= 0.3 is 11.9 Å². The number of nitrogens with zero attached hydrogens (tertiary/aromatic N) is 2. The van der Waals surface area contributed by atoms with Crippen molar-refractivity contribution in [1.82, 2.24) is 0 Å². The van der Waals surface area contributed by atoms with Gasteiger partial charge in [-0.1, -0.05) is 0 Å². The molecule has 0 radical (unpaired) electrons. The van der Waals surface area contributed by atoms with E-state index in [-0.39, 0.29) is 19.3 Å². The zero-order valence-corrected chi connectivity index (χ0v) is 11.1. The largest absolute Gasteiger partial charge is 0.481 e. The lowest BCUT2D eigenvalue weighted by molar-refractivity contribution is -0.140. The molecule has 0 bridgehead atoms. The SMILES string of the molecule is N#Cc1ccc(N(C=O)[C@@H](CCCC(=O)O)C(=O)O)cc1. The molecule has 0 aromatic heterocycles. The van der Waals surface area contributed by atoms with Gasteiger partial charge in [0.25, 0.3) is 0 Å². The van der Waals surface area contributed by atoms with E-state index in [1.165, 1.54) is 24.3 Å². The summed E-state index contributed by atoms with van der Waals surface area (Å²) in [5, 5.41) is 26.5. The highest BCUT2D eigenvalue weighted by atomic mass is 16.4. The predicted molar refractivity (Wildman–Crippen MR) is 72.6 cm³/mol. The van der Waals surface area contributed by atoms with Crippen LogP contribution in [-0.2, 0) is 14.4 Å². The molecule has 7 nitrogen and oxygen atoms in total. The van der Waals surface area contributed by atoms with Crippen LogP contribution < -0.4 is 4.90 Å². The van der Waals surface area contributed by atoms with Gasteiger partial charge in [-0.05, 0) is 37.1 Å². The number of hydrogen-bond acceptors (Lipinski definition) is 4. The van der Waals surface area contributed by atoms with E-state index in [4.69, 9.17) is 10.4 Å². The Morgan fingerprint density at radius 2 is 1.90 bits per heavy atom. The fourth-order valence-electron chi connectivity index (χ4n) is 1.85. The van der Waals surface area contributed by atoms with E-state index >= 15 is 0 Å². The van der Waals surface area contributed by atoms with E-state index in [2.05, 4.69) is 0 Å². The maximum absolute atomic E-state index is 11.3. The summed E-state index contributed by atoms with van der Waals surface area (Å²) >= 11 is 0. The van der Waals surface area contributed by atoms with E-state index in [1.54, 1.807) is 0 Å². The van der Waals surface area contributed by atoms with Crippen LogP contribution in [0.4, 0.5) is 5.69 Å². The van der Waals surface area contributed by atoms with Gasteiger partial charge in [-0.25, -0.2) is 4.79 Å². The minimum Gasteiger partial charge on any atom is -0.481 e. The first-order valence-electron chi connectivity index (χ1n) is 6.18. The highest BCUT2D eigenvalue weighted by molar-refractivity contribution is 5.88. The number of benzene rings is 1. The van der Waals surface area contributed by atoms with Crippen molar-refractivity contribution in [3.8, 4) is 6.07 Å². The molecule has 21 heavy (non-hydrogen) atoms. The van der Waals surface area contributed by atoms with Crippen LogP contribution in [-0.4, -0.2) is 34.6 Å². The molecule has 0 heterocycles. The molecular formula is C14H14N2O5. The molecule has 0 spiro atoms. The standard InChI is InChI=1S/C14H14N2O5/c15-8-10-4-6-11(7-5-10)16(9-17)12(14(20)21)2-1-3-13(18)19/h4-7,9,12H,1-3H2,(H,18,19)(H,20,21)/t12-/m0/s1. The molecule has 1 atom stereocenters. The Bertz CT molecular complexity index is 562. The minimum absolute atomic E-state index is 0.0281. The van der Waals surface area contributed by atoms with Gasteiger partial charge in [0, 0.05) is 12.1 Å². The third kappa shape index (κ3) is 4.62. The van der Waals surface area contributed by atoms with Crippen LogP contribution in [0.15, 0.2) is 24.3 Å². The summed E-state index contributed by atoms with van der Waals surface area (Å²) in [6.45, 7) is 0. The monoisotopic (exact) mass is 290 g/mol. The van der Waals surface area contributed by atoms with Crippen LogP contribution in [0.1, 0.15) is 24.8 Å². The maximum Gasteiger partial charge on any atom is 0.326 e. The average Bonchev–Trinajstić information content (AvgIpc) is 2.46. The molecule has 110 valence electrons. The van der Waals surface area contributed by atoms with Crippen molar-refractivity contribution in [3.63, 3.8) is 0 Å². The molecular weight excluding hydrogens is 276 g/mol. The Morgan fingerprint density at radius 1 is 1.29 bits per heavy atom. The molecule has 1 amide bonds. The molecule has 0 aliphatic heterocycles. The summed E-state index contributed by atoms with van der Waals surface area (Å²) in [4.78, 5) is 33.9. The summed E-state index contributed by atoms with van der Waals surface area (Å²) in [6, 6.07) is 6.67. The van der Waals surface area contributed by atoms with Gasteiger partial charge in [0.15, 0.2) is 0 Å². The lowest BCUT2D eigenvalue weighted by atomic mass is 10.1. The van der Waals surface area contributed by atoms with Crippen LogP contribution in [0, 0.1) is 11.3 Å². The molecule has 0 fully saturated rings. The van der Waals surface area contributed by atoms with E-state index in [1.807, 2.05) is 6.07 Å². The third-order valence-corrected chi connectivity index (χ3v) is 2.90. The van der Waals surface area contributed by atoms with E-state index in [9.17, 15) is 19.5 Å². The van der Waals surface area contributed by atoms with Crippen LogP contribution in [0.5, 0.6) is 0 Å². The number of nitriles is 1. The number of anilines is 1. The Hall–Kier alpha value is -2.88. The number of carboxylic acid groups (broad SMARTS) is 2. The van der Waals surface area contributed by atoms with E-state index in [0.29, 0.717) is 17.7 Å². The second-order valence-electron chi connectivity index (χ2n) is 4.31. The van der Waals surface area contributed by atoms with Crippen molar-refractivity contribution in [2.24, 2.45) is 0 Å². The second-order valence-corrected chi connectivity index (χ2v) is 4.31. The van der Waals surface area contributed by atoms with Gasteiger partial charge in [0.1, 0.15) is 6.04 Å². The number of aliphatic carboxylic acids is 2. The summed E-state index contributed by atoms with van der Waals surface area (Å²) in [5.41, 5.74) is 0.731. The number of carbonyl (C=O) groups excluding carboxylic acids is 1. The van der Waals surface area contributed by atoms with Gasteiger partial charge in [0.05, 0.1) is 11.6 Å². The van der Waals surface area contributed by atoms with Gasteiger partial charge in [-0.15, -0.1) is 0 Å². The molecule has 0 saturated carbocycles. The quantitative estimate of drug-likeness (QED) is 0.695. The number of carbonyl (C=O) groups is 3. The summed E-state index contributed by atoms with van der Waals surface area (Å²) < 4.78 is 0. The first-order valence-corrected chi connectivity index (χ1v) is 6.18. The number of hydrogen-bond donors (Lipinski definition) is 2. The maximum atomic E-state index is 11.3. The topological polar surface area (TPSA) is 119 Å². The molecule has 1 aromatic carbocycles. The number of carboxylic acids is 2. The predicted octanol–water partition coefficient (Wildman–Crippen LogP) is 1.23.